The molecule has 2 saturated heterocycles. The summed E-state index contributed by atoms with van der Waals surface area (Å²) in [5.41, 5.74) is 4.88. The van der Waals surface area contributed by atoms with Gasteiger partial charge >= 0.3 is 0 Å². The maximum atomic E-state index is 12.5. The first-order chi connectivity index (χ1) is 15.7. The zero-order valence-corrected chi connectivity index (χ0v) is 18.1. The van der Waals surface area contributed by atoms with E-state index in [1.165, 1.54) is 24.5 Å². The van der Waals surface area contributed by atoms with Crippen LogP contribution in [0.25, 0.3) is 17.2 Å². The summed E-state index contributed by atoms with van der Waals surface area (Å²) < 4.78 is 7.43. The average molecular weight is 430 g/mol. The first-order valence-electron chi connectivity index (χ1n) is 11.0. The van der Waals surface area contributed by atoms with E-state index in [-0.39, 0.29) is 5.91 Å². The van der Waals surface area contributed by atoms with Crippen LogP contribution in [0.15, 0.2) is 61.2 Å². The highest BCUT2D eigenvalue weighted by Crippen LogP contribution is 2.30. The van der Waals surface area contributed by atoms with Crippen LogP contribution in [0.3, 0.4) is 0 Å². The smallest absolute Gasteiger partial charge is 0.248 e. The summed E-state index contributed by atoms with van der Waals surface area (Å²) in [6.07, 6.45) is 13.0. The Morgan fingerprint density at radius 1 is 1.16 bits per heavy atom. The molecule has 5 rings (SSSR count). The first kappa shape index (κ1) is 20.6. The third-order valence-electron chi connectivity index (χ3n) is 6.26. The van der Waals surface area contributed by atoms with Crippen molar-refractivity contribution < 1.29 is 9.53 Å². The zero-order chi connectivity index (χ0) is 21.9. The number of nitrogens with zero attached hydrogens (tertiary/aromatic N) is 4. The lowest BCUT2D eigenvalue weighted by atomic mass is 10.0. The maximum Gasteiger partial charge on any atom is 0.248 e. The van der Waals surface area contributed by atoms with Crippen LogP contribution < -0.4 is 5.32 Å². The van der Waals surface area contributed by atoms with Crippen molar-refractivity contribution in [2.24, 2.45) is 7.05 Å². The van der Waals surface area contributed by atoms with Gasteiger partial charge in [0, 0.05) is 67.2 Å². The van der Waals surface area contributed by atoms with Gasteiger partial charge in [-0.05, 0) is 48.2 Å². The number of carbonyl (C=O) groups is 1. The minimum absolute atomic E-state index is 0.176. The molecule has 32 heavy (non-hydrogen) atoms. The van der Waals surface area contributed by atoms with Gasteiger partial charge in [0.2, 0.25) is 5.91 Å². The third-order valence-corrected chi connectivity index (χ3v) is 6.26. The molecule has 0 spiro atoms. The Morgan fingerprint density at radius 2 is 1.94 bits per heavy atom. The van der Waals surface area contributed by atoms with Crippen LogP contribution in [0.1, 0.15) is 24.0 Å². The van der Waals surface area contributed by atoms with Crippen molar-refractivity contribution >= 4 is 17.7 Å². The fraction of sp³-hybridized carbons (Fsp3) is 0.320. The molecule has 1 amide bonds. The number of rotatable bonds is 6. The standard InChI is InChI=1S/C25H27N5O2/c1-29-15-20(13-27-29)24-10-11-26-12-19(24)4-9-25(31)28-21-5-2-18(3-6-21)14-30-22-7-8-23(30)17-32-16-22/h2-6,9-13,15,22-23H,7-8,14,16-17H2,1H3,(H,28,31). The number of aryl methyl sites for hydroxylation is 1. The average Bonchev–Trinajstić information content (AvgIpc) is 3.32. The number of amides is 1. The highest BCUT2D eigenvalue weighted by Gasteiger charge is 2.36. The van der Waals surface area contributed by atoms with Crippen LogP contribution >= 0.6 is 0 Å². The van der Waals surface area contributed by atoms with Crippen LogP contribution in [0.2, 0.25) is 0 Å². The van der Waals surface area contributed by atoms with Gasteiger partial charge in [0.05, 0.1) is 19.4 Å². The molecule has 0 aliphatic carbocycles. The quantitative estimate of drug-likeness (QED) is 0.608. The number of nitrogens with one attached hydrogen (secondary N) is 1. The van der Waals surface area contributed by atoms with Crippen molar-refractivity contribution in [1.29, 1.82) is 0 Å². The van der Waals surface area contributed by atoms with Gasteiger partial charge in [-0.25, -0.2) is 0 Å². The van der Waals surface area contributed by atoms with Crippen LogP contribution in [0, 0.1) is 0 Å². The lowest BCUT2D eigenvalue weighted by Gasteiger charge is -2.34. The Bertz CT molecular complexity index is 1110. The van der Waals surface area contributed by atoms with E-state index in [1.54, 1.807) is 29.3 Å². The number of carbonyl (C=O) groups excluding carboxylic acids is 1. The molecule has 2 fully saturated rings. The van der Waals surface area contributed by atoms with Gasteiger partial charge in [0.15, 0.2) is 0 Å². The zero-order valence-electron chi connectivity index (χ0n) is 18.1. The Kier molecular flexibility index (Phi) is 5.83. The molecular weight excluding hydrogens is 402 g/mol. The molecular formula is C25H27N5O2. The van der Waals surface area contributed by atoms with Gasteiger partial charge in [-0.3, -0.25) is 19.4 Å². The van der Waals surface area contributed by atoms with E-state index in [4.69, 9.17) is 4.74 Å². The maximum absolute atomic E-state index is 12.5. The Labute approximate surface area is 187 Å². The first-order valence-corrected chi connectivity index (χ1v) is 11.0. The third kappa shape index (κ3) is 4.49. The highest BCUT2D eigenvalue weighted by atomic mass is 16.5. The molecule has 7 heteroatoms. The second-order valence-electron chi connectivity index (χ2n) is 8.48. The molecule has 1 aromatic carbocycles. The lowest BCUT2D eigenvalue weighted by Crippen LogP contribution is -2.45. The Morgan fingerprint density at radius 3 is 2.66 bits per heavy atom. The molecule has 2 aromatic heterocycles. The number of hydrogen-bond donors (Lipinski definition) is 1. The van der Waals surface area contributed by atoms with E-state index in [9.17, 15) is 4.79 Å². The van der Waals surface area contributed by atoms with Crippen LogP contribution in [-0.2, 0) is 23.1 Å². The van der Waals surface area contributed by atoms with Crippen molar-refractivity contribution in [3.63, 3.8) is 0 Å². The van der Waals surface area contributed by atoms with Crippen molar-refractivity contribution in [1.82, 2.24) is 19.7 Å². The van der Waals surface area contributed by atoms with Gasteiger partial charge in [0.25, 0.3) is 0 Å². The largest absolute Gasteiger partial charge is 0.378 e. The van der Waals surface area contributed by atoms with Gasteiger partial charge < -0.3 is 10.1 Å². The molecule has 0 radical (unpaired) electrons. The van der Waals surface area contributed by atoms with Crippen LogP contribution in [-0.4, -0.2) is 50.9 Å². The summed E-state index contributed by atoms with van der Waals surface area (Å²) in [4.78, 5) is 19.2. The molecule has 3 aromatic rings. The van der Waals surface area contributed by atoms with Gasteiger partial charge in [-0.15, -0.1) is 0 Å². The molecule has 0 saturated carbocycles. The molecule has 2 bridgehead atoms. The second kappa shape index (κ2) is 9.06. The molecule has 7 nitrogen and oxygen atoms in total. The summed E-state index contributed by atoms with van der Waals surface area (Å²) in [6.45, 7) is 2.62. The highest BCUT2D eigenvalue weighted by molar-refractivity contribution is 6.02. The minimum Gasteiger partial charge on any atom is -0.378 e. The summed E-state index contributed by atoms with van der Waals surface area (Å²) in [7, 11) is 1.88. The molecule has 1 N–H and O–H groups in total. The van der Waals surface area contributed by atoms with Gasteiger partial charge in [-0.1, -0.05) is 12.1 Å². The number of anilines is 1. The number of pyridine rings is 1. The number of aromatic nitrogens is 3. The monoisotopic (exact) mass is 429 g/mol. The van der Waals surface area contributed by atoms with E-state index in [1.807, 2.05) is 31.4 Å². The molecule has 4 heterocycles. The predicted molar refractivity (Wildman–Crippen MR) is 124 cm³/mol. The van der Waals surface area contributed by atoms with Crippen LogP contribution in [0.5, 0.6) is 0 Å². The van der Waals surface area contributed by atoms with E-state index >= 15 is 0 Å². The molecule has 164 valence electrons. The fourth-order valence-corrected chi connectivity index (χ4v) is 4.59. The van der Waals surface area contributed by atoms with E-state index in [0.717, 1.165) is 42.1 Å². The molecule has 2 aliphatic rings. The molecule has 2 aliphatic heterocycles. The summed E-state index contributed by atoms with van der Waals surface area (Å²) in [5, 5.41) is 7.16. The predicted octanol–water partition coefficient (Wildman–Crippen LogP) is 3.50. The van der Waals surface area contributed by atoms with Crippen molar-refractivity contribution in [3.8, 4) is 11.1 Å². The van der Waals surface area contributed by atoms with E-state index in [2.05, 4.69) is 32.4 Å². The van der Waals surface area contributed by atoms with Gasteiger partial charge in [-0.2, -0.15) is 5.10 Å². The number of ether oxygens (including phenoxy) is 1. The summed E-state index contributed by atoms with van der Waals surface area (Å²) in [6, 6.07) is 11.1. The van der Waals surface area contributed by atoms with E-state index in [0.29, 0.717) is 12.1 Å². The second-order valence-corrected chi connectivity index (χ2v) is 8.48. The molecule has 2 unspecified atom stereocenters. The van der Waals surface area contributed by atoms with Crippen molar-refractivity contribution in [2.45, 2.75) is 31.5 Å². The Balaban J connectivity index is 1.21. The van der Waals surface area contributed by atoms with Crippen molar-refractivity contribution in [2.75, 3.05) is 18.5 Å². The van der Waals surface area contributed by atoms with E-state index < -0.39 is 0 Å². The topological polar surface area (TPSA) is 72.3 Å². The number of hydrogen-bond acceptors (Lipinski definition) is 5. The van der Waals surface area contributed by atoms with Crippen LogP contribution in [0.4, 0.5) is 5.69 Å². The Hall–Kier alpha value is -3.29. The normalized spacial score (nSPS) is 20.7. The SMILES string of the molecule is Cn1cc(-c2ccncc2C=CC(=O)Nc2ccc(CN3C4CCC3COC4)cc2)cn1. The number of morpholine rings is 1. The molecule has 2 atom stereocenters. The summed E-state index contributed by atoms with van der Waals surface area (Å²) in [5.74, 6) is -0.176. The minimum atomic E-state index is -0.176. The van der Waals surface area contributed by atoms with Gasteiger partial charge in [0.1, 0.15) is 0 Å². The van der Waals surface area contributed by atoms with Crippen molar-refractivity contribution in [3.05, 3.63) is 72.3 Å². The fourth-order valence-electron chi connectivity index (χ4n) is 4.59. The lowest BCUT2D eigenvalue weighted by molar-refractivity contribution is -0.111. The summed E-state index contributed by atoms with van der Waals surface area (Å²) >= 11 is 0. The number of benzene rings is 1. The number of fused-ring (bicyclic) bond motifs is 2.